The van der Waals surface area contributed by atoms with Gasteiger partial charge in [-0.3, -0.25) is 0 Å². The van der Waals surface area contributed by atoms with Crippen molar-refractivity contribution in [2.45, 2.75) is 252 Å². The molecule has 0 N–H and O–H groups in total. The molecule has 0 aliphatic carbocycles. The van der Waals surface area contributed by atoms with E-state index in [-0.39, 0.29) is 0 Å². The van der Waals surface area contributed by atoms with E-state index in [4.69, 9.17) is 4.74 Å². The Kier molecular flexibility index (Phi) is 36.4. The highest BCUT2D eigenvalue weighted by molar-refractivity contribution is 4.60. The molecule has 1 nitrogen and oxygen atoms in total. The molecule has 0 rings (SSSR count). The highest BCUT2D eigenvalue weighted by atomic mass is 16.5. The minimum Gasteiger partial charge on any atom is -0.381 e. The van der Waals surface area contributed by atoms with Crippen LogP contribution in [0.25, 0.3) is 0 Å². The van der Waals surface area contributed by atoms with E-state index in [1.54, 1.807) is 0 Å². The van der Waals surface area contributed by atoms with Crippen molar-refractivity contribution in [1.29, 1.82) is 0 Å². The molecular weight excluding hydrogens is 520 g/mol. The average molecular weight is 607 g/mol. The van der Waals surface area contributed by atoms with Crippen LogP contribution in [0, 0.1) is 11.8 Å². The third-order valence-electron chi connectivity index (χ3n) is 10.9. The van der Waals surface area contributed by atoms with Crippen molar-refractivity contribution < 1.29 is 4.74 Å². The van der Waals surface area contributed by atoms with Crippen LogP contribution in [0.2, 0.25) is 0 Å². The van der Waals surface area contributed by atoms with Gasteiger partial charge in [-0.2, -0.15) is 0 Å². The van der Waals surface area contributed by atoms with Crippen molar-refractivity contribution in [3.63, 3.8) is 0 Å². The highest BCUT2D eigenvalue weighted by Crippen LogP contribution is 2.20. The number of ether oxygens (including phenoxy) is 1. The third-order valence-corrected chi connectivity index (χ3v) is 10.9. The molecule has 0 aromatic heterocycles. The Morgan fingerprint density at radius 3 is 0.651 bits per heavy atom. The number of unbranched alkanes of at least 4 members (excludes halogenated alkanes) is 24. The number of hydrogen-bond donors (Lipinski definition) is 0. The first kappa shape index (κ1) is 43.0. The lowest BCUT2D eigenvalue weighted by molar-refractivity contribution is 0.0831. The van der Waals surface area contributed by atoms with E-state index in [1.807, 2.05) is 7.11 Å². The Balaban J connectivity index is 3.31. The molecule has 260 valence electrons. The van der Waals surface area contributed by atoms with Crippen LogP contribution >= 0.6 is 0 Å². The predicted octanol–water partition coefficient (Wildman–Crippen LogP) is 15.6. The van der Waals surface area contributed by atoms with E-state index in [0.29, 0.717) is 6.10 Å². The summed E-state index contributed by atoms with van der Waals surface area (Å²) in [7, 11) is 1.94. The zero-order valence-electron chi connectivity index (χ0n) is 31.2. The zero-order chi connectivity index (χ0) is 31.5. The molecule has 0 aromatic carbocycles. The van der Waals surface area contributed by atoms with Crippen molar-refractivity contribution >= 4 is 0 Å². The van der Waals surface area contributed by atoms with E-state index in [2.05, 4.69) is 27.7 Å². The van der Waals surface area contributed by atoms with Crippen molar-refractivity contribution in [2.75, 3.05) is 7.11 Å². The van der Waals surface area contributed by atoms with Crippen LogP contribution in [0.5, 0.6) is 0 Å². The summed E-state index contributed by atoms with van der Waals surface area (Å²) in [6, 6.07) is 0. The Labute approximate surface area is 275 Å². The van der Waals surface area contributed by atoms with E-state index >= 15 is 0 Å². The lowest BCUT2D eigenvalue weighted by Crippen LogP contribution is -2.10. The second-order valence-electron chi connectivity index (χ2n) is 14.6. The summed E-state index contributed by atoms with van der Waals surface area (Å²) in [4.78, 5) is 0. The summed E-state index contributed by atoms with van der Waals surface area (Å²) < 4.78 is 5.82. The van der Waals surface area contributed by atoms with Crippen LogP contribution in [-0.4, -0.2) is 13.2 Å². The summed E-state index contributed by atoms with van der Waals surface area (Å²) in [5.74, 6) is 1.98. The van der Waals surface area contributed by atoms with Crippen LogP contribution in [0.15, 0.2) is 0 Å². The molecule has 0 amide bonds. The summed E-state index contributed by atoms with van der Waals surface area (Å²) in [5, 5.41) is 0. The Morgan fingerprint density at radius 2 is 0.465 bits per heavy atom. The number of hydrogen-bond acceptors (Lipinski definition) is 1. The molecule has 0 fully saturated rings. The Hall–Kier alpha value is -0.0400. The van der Waals surface area contributed by atoms with Gasteiger partial charge in [0.1, 0.15) is 0 Å². The van der Waals surface area contributed by atoms with E-state index in [1.165, 1.54) is 218 Å². The summed E-state index contributed by atoms with van der Waals surface area (Å²) >= 11 is 0. The number of methoxy groups -OCH3 is 1. The van der Waals surface area contributed by atoms with Gasteiger partial charge >= 0.3 is 0 Å². The maximum Gasteiger partial charge on any atom is 0.0571 e. The summed E-state index contributed by atoms with van der Waals surface area (Å²) in [6.07, 6.45) is 49.3. The summed E-state index contributed by atoms with van der Waals surface area (Å²) in [5.41, 5.74) is 0. The molecule has 0 spiro atoms. The molecule has 43 heavy (non-hydrogen) atoms. The molecule has 0 aliphatic rings. The fourth-order valence-electron chi connectivity index (χ4n) is 7.27. The van der Waals surface area contributed by atoms with Gasteiger partial charge in [0.05, 0.1) is 6.10 Å². The molecular formula is C42H86O. The minimum absolute atomic E-state index is 0.513. The van der Waals surface area contributed by atoms with Gasteiger partial charge in [-0.1, -0.05) is 233 Å². The fraction of sp³-hybridized carbons (Fsp3) is 1.00. The molecule has 0 unspecified atom stereocenters. The SMILES string of the molecule is CCC(CC)CCCCCCCCCCCCCCCC(CCCCCCCCCCCCCCCC(CC)CC)OC. The lowest BCUT2D eigenvalue weighted by Gasteiger charge is -2.15. The van der Waals surface area contributed by atoms with Crippen molar-refractivity contribution in [3.8, 4) is 0 Å². The molecule has 0 heterocycles. The summed E-state index contributed by atoms with van der Waals surface area (Å²) in [6.45, 7) is 9.42. The fourth-order valence-corrected chi connectivity index (χ4v) is 7.27. The molecule has 0 radical (unpaired) electrons. The molecule has 0 aromatic rings. The molecule has 0 saturated carbocycles. The first-order valence-electron chi connectivity index (χ1n) is 20.7. The largest absolute Gasteiger partial charge is 0.381 e. The van der Waals surface area contributed by atoms with Gasteiger partial charge in [0, 0.05) is 7.11 Å². The zero-order valence-corrected chi connectivity index (χ0v) is 31.2. The molecule has 1 heteroatoms. The Morgan fingerprint density at radius 1 is 0.279 bits per heavy atom. The van der Waals surface area contributed by atoms with Gasteiger partial charge in [-0.25, -0.2) is 0 Å². The van der Waals surface area contributed by atoms with Crippen LogP contribution in [0.3, 0.4) is 0 Å². The monoisotopic (exact) mass is 607 g/mol. The number of rotatable bonds is 37. The van der Waals surface area contributed by atoms with Gasteiger partial charge in [0.2, 0.25) is 0 Å². The van der Waals surface area contributed by atoms with Gasteiger partial charge in [0.25, 0.3) is 0 Å². The standard InChI is InChI=1S/C42H86O/c1-6-40(7-2)36-32-28-24-20-16-12-10-14-18-22-26-30-34-38-42(43-5)39-35-31-27-23-19-15-11-13-17-21-25-29-33-37-41(8-3)9-4/h40-42H,6-39H2,1-5H3. The maximum atomic E-state index is 5.82. The van der Waals surface area contributed by atoms with Gasteiger partial charge in [-0.15, -0.1) is 0 Å². The smallest absolute Gasteiger partial charge is 0.0571 e. The highest BCUT2D eigenvalue weighted by Gasteiger charge is 2.07. The van der Waals surface area contributed by atoms with E-state index in [9.17, 15) is 0 Å². The van der Waals surface area contributed by atoms with Crippen LogP contribution in [0.4, 0.5) is 0 Å². The van der Waals surface area contributed by atoms with E-state index in [0.717, 1.165) is 11.8 Å². The van der Waals surface area contributed by atoms with Crippen molar-refractivity contribution in [3.05, 3.63) is 0 Å². The lowest BCUT2D eigenvalue weighted by atomic mass is 9.95. The van der Waals surface area contributed by atoms with Gasteiger partial charge in [0.15, 0.2) is 0 Å². The first-order valence-corrected chi connectivity index (χ1v) is 20.7. The average Bonchev–Trinajstić information content (AvgIpc) is 3.03. The second kappa shape index (κ2) is 36.4. The predicted molar refractivity (Wildman–Crippen MR) is 197 cm³/mol. The minimum atomic E-state index is 0.513. The second-order valence-corrected chi connectivity index (χ2v) is 14.6. The molecule has 0 bridgehead atoms. The molecule has 0 atom stereocenters. The quantitative estimate of drug-likeness (QED) is 0.0639. The van der Waals surface area contributed by atoms with Crippen LogP contribution < -0.4 is 0 Å². The molecule has 0 aliphatic heterocycles. The molecule has 0 saturated heterocycles. The van der Waals surface area contributed by atoms with Gasteiger partial charge in [-0.05, 0) is 24.7 Å². The maximum absolute atomic E-state index is 5.82. The van der Waals surface area contributed by atoms with E-state index < -0.39 is 0 Å². The first-order chi connectivity index (χ1) is 21.2. The van der Waals surface area contributed by atoms with Crippen LogP contribution in [-0.2, 0) is 4.74 Å². The van der Waals surface area contributed by atoms with Crippen molar-refractivity contribution in [1.82, 2.24) is 0 Å². The Bertz CT molecular complexity index is 437. The van der Waals surface area contributed by atoms with Gasteiger partial charge < -0.3 is 4.74 Å². The van der Waals surface area contributed by atoms with Crippen molar-refractivity contribution in [2.24, 2.45) is 11.8 Å². The topological polar surface area (TPSA) is 9.23 Å². The normalized spacial score (nSPS) is 12.0. The van der Waals surface area contributed by atoms with Crippen LogP contribution in [0.1, 0.15) is 246 Å². The third kappa shape index (κ3) is 31.7.